The molecule has 1 aliphatic heterocycles. The highest BCUT2D eigenvalue weighted by Crippen LogP contribution is 2.27. The monoisotopic (exact) mass is 476 g/mol. The average molecular weight is 477 g/mol. The number of hydrogen-bond donors (Lipinski definition) is 0. The zero-order valence-corrected chi connectivity index (χ0v) is 19.8. The Labute approximate surface area is 202 Å². The Hall–Kier alpha value is -3.49. The summed E-state index contributed by atoms with van der Waals surface area (Å²) < 4.78 is 7.16. The van der Waals surface area contributed by atoms with Crippen LogP contribution in [0.2, 0.25) is 5.15 Å². The first-order chi connectivity index (χ1) is 16.5. The van der Waals surface area contributed by atoms with Crippen molar-refractivity contribution in [3.05, 3.63) is 83.0 Å². The SMILES string of the molecule is Cc1nn(-c2ccccc2)c(Cl)c1C(=O)N1CCN(C(C)c2nc(-c3ccccc3)no2)CC1. The number of hydrogen-bond acceptors (Lipinski definition) is 6. The molecule has 2 aromatic carbocycles. The summed E-state index contributed by atoms with van der Waals surface area (Å²) >= 11 is 6.61. The van der Waals surface area contributed by atoms with E-state index in [-0.39, 0.29) is 11.9 Å². The van der Waals surface area contributed by atoms with Crippen LogP contribution in [-0.4, -0.2) is 61.8 Å². The van der Waals surface area contributed by atoms with E-state index in [4.69, 9.17) is 16.1 Å². The minimum Gasteiger partial charge on any atom is -0.337 e. The molecule has 1 fully saturated rings. The molecule has 0 N–H and O–H groups in total. The Bertz CT molecular complexity index is 1280. The molecule has 0 saturated carbocycles. The van der Waals surface area contributed by atoms with Gasteiger partial charge in [-0.3, -0.25) is 9.69 Å². The standard InChI is InChI=1S/C25H25ClN6O2/c1-17-21(22(26)32(28-17)20-11-7-4-8-12-20)25(33)31-15-13-30(14-16-31)18(2)24-27-23(29-34-24)19-9-5-3-6-10-19/h3-12,18H,13-16H2,1-2H3. The molecule has 5 rings (SSSR count). The van der Waals surface area contributed by atoms with Gasteiger partial charge >= 0.3 is 0 Å². The van der Waals surface area contributed by atoms with Crippen LogP contribution in [0.5, 0.6) is 0 Å². The van der Waals surface area contributed by atoms with Crippen molar-refractivity contribution in [3.63, 3.8) is 0 Å². The van der Waals surface area contributed by atoms with Gasteiger partial charge in [-0.1, -0.05) is 65.3 Å². The molecule has 0 radical (unpaired) electrons. The maximum atomic E-state index is 13.3. The molecule has 8 nitrogen and oxygen atoms in total. The lowest BCUT2D eigenvalue weighted by Crippen LogP contribution is -2.49. The molecule has 1 aliphatic rings. The van der Waals surface area contributed by atoms with Crippen molar-refractivity contribution in [1.82, 2.24) is 29.7 Å². The molecule has 2 aromatic heterocycles. The highest BCUT2D eigenvalue weighted by molar-refractivity contribution is 6.33. The predicted molar refractivity (Wildman–Crippen MR) is 129 cm³/mol. The number of para-hydroxylation sites is 1. The lowest BCUT2D eigenvalue weighted by molar-refractivity contribution is 0.0551. The zero-order chi connectivity index (χ0) is 23.7. The van der Waals surface area contributed by atoms with Crippen LogP contribution in [0.15, 0.2) is 65.2 Å². The van der Waals surface area contributed by atoms with E-state index in [1.807, 2.05) is 79.4 Å². The van der Waals surface area contributed by atoms with Gasteiger partial charge in [0.15, 0.2) is 0 Å². The van der Waals surface area contributed by atoms with Gasteiger partial charge in [0.25, 0.3) is 5.91 Å². The molecule has 0 aliphatic carbocycles. The fraction of sp³-hybridized carbons (Fsp3) is 0.280. The molecule has 34 heavy (non-hydrogen) atoms. The van der Waals surface area contributed by atoms with Crippen molar-refractivity contribution in [2.45, 2.75) is 19.9 Å². The summed E-state index contributed by atoms with van der Waals surface area (Å²) in [6, 6.07) is 19.3. The molecule has 0 bridgehead atoms. The second-order valence-corrected chi connectivity index (χ2v) is 8.68. The third kappa shape index (κ3) is 4.22. The Kier molecular flexibility index (Phi) is 6.17. The quantitative estimate of drug-likeness (QED) is 0.424. The number of piperazine rings is 1. The van der Waals surface area contributed by atoms with E-state index in [0.717, 1.165) is 11.3 Å². The van der Waals surface area contributed by atoms with E-state index in [2.05, 4.69) is 20.1 Å². The topological polar surface area (TPSA) is 80.3 Å². The molecule has 3 heterocycles. The first-order valence-electron chi connectivity index (χ1n) is 11.3. The molecule has 1 amide bonds. The third-order valence-corrected chi connectivity index (χ3v) is 6.55. The van der Waals surface area contributed by atoms with Crippen LogP contribution in [0.3, 0.4) is 0 Å². The fourth-order valence-corrected chi connectivity index (χ4v) is 4.57. The number of aryl methyl sites for hydroxylation is 1. The third-order valence-electron chi connectivity index (χ3n) is 6.20. The van der Waals surface area contributed by atoms with Gasteiger partial charge in [0.2, 0.25) is 11.7 Å². The lowest BCUT2D eigenvalue weighted by atomic mass is 10.2. The second kappa shape index (κ2) is 9.40. The number of amides is 1. The van der Waals surface area contributed by atoms with E-state index >= 15 is 0 Å². The zero-order valence-electron chi connectivity index (χ0n) is 19.1. The van der Waals surface area contributed by atoms with Crippen LogP contribution in [0.1, 0.15) is 34.9 Å². The maximum absolute atomic E-state index is 13.3. The maximum Gasteiger partial charge on any atom is 0.258 e. The van der Waals surface area contributed by atoms with Crippen LogP contribution >= 0.6 is 11.6 Å². The largest absolute Gasteiger partial charge is 0.337 e. The number of nitrogens with zero attached hydrogens (tertiary/aromatic N) is 6. The lowest BCUT2D eigenvalue weighted by Gasteiger charge is -2.36. The summed E-state index contributed by atoms with van der Waals surface area (Å²) in [6.07, 6.45) is 0. The predicted octanol–water partition coefficient (Wildman–Crippen LogP) is 4.40. The van der Waals surface area contributed by atoms with Crippen molar-refractivity contribution in [1.29, 1.82) is 0 Å². The van der Waals surface area contributed by atoms with Gasteiger partial charge < -0.3 is 9.42 Å². The van der Waals surface area contributed by atoms with Gasteiger partial charge in [0.1, 0.15) is 5.15 Å². The molecule has 9 heteroatoms. The number of halogens is 1. The van der Waals surface area contributed by atoms with Crippen molar-refractivity contribution < 1.29 is 9.32 Å². The van der Waals surface area contributed by atoms with Gasteiger partial charge in [-0.2, -0.15) is 10.1 Å². The molecule has 4 aromatic rings. The van der Waals surface area contributed by atoms with Crippen LogP contribution in [-0.2, 0) is 0 Å². The van der Waals surface area contributed by atoms with Crippen molar-refractivity contribution in [3.8, 4) is 17.1 Å². The minimum absolute atomic E-state index is 0.0478. The number of carbonyl (C=O) groups excluding carboxylic acids is 1. The van der Waals surface area contributed by atoms with Crippen LogP contribution in [0.25, 0.3) is 17.1 Å². The van der Waals surface area contributed by atoms with Crippen LogP contribution in [0.4, 0.5) is 0 Å². The molecular weight excluding hydrogens is 452 g/mol. The van der Waals surface area contributed by atoms with E-state index < -0.39 is 0 Å². The Morgan fingerprint density at radius 1 is 1.00 bits per heavy atom. The summed E-state index contributed by atoms with van der Waals surface area (Å²) in [5, 5.41) is 8.97. The first kappa shape index (κ1) is 22.3. The van der Waals surface area contributed by atoms with E-state index in [0.29, 0.717) is 54.3 Å². The summed E-state index contributed by atoms with van der Waals surface area (Å²) in [4.78, 5) is 22.0. The number of benzene rings is 2. The Balaban J connectivity index is 1.26. The van der Waals surface area contributed by atoms with Crippen molar-refractivity contribution in [2.75, 3.05) is 26.2 Å². The fourth-order valence-electron chi connectivity index (χ4n) is 4.22. The Morgan fingerprint density at radius 2 is 1.65 bits per heavy atom. The summed E-state index contributed by atoms with van der Waals surface area (Å²) in [6.45, 7) is 6.41. The minimum atomic E-state index is -0.0962. The second-order valence-electron chi connectivity index (χ2n) is 8.32. The highest BCUT2D eigenvalue weighted by Gasteiger charge is 2.31. The normalized spacial score (nSPS) is 15.4. The summed E-state index contributed by atoms with van der Waals surface area (Å²) in [5.41, 5.74) is 2.82. The van der Waals surface area contributed by atoms with Gasteiger partial charge in [-0.05, 0) is 26.0 Å². The van der Waals surface area contributed by atoms with Gasteiger partial charge in [-0.25, -0.2) is 4.68 Å². The van der Waals surface area contributed by atoms with Gasteiger partial charge in [-0.15, -0.1) is 0 Å². The van der Waals surface area contributed by atoms with Crippen LogP contribution in [0, 0.1) is 6.92 Å². The first-order valence-corrected chi connectivity index (χ1v) is 11.6. The Morgan fingerprint density at radius 3 is 2.32 bits per heavy atom. The van der Waals surface area contributed by atoms with E-state index in [1.54, 1.807) is 4.68 Å². The molecule has 174 valence electrons. The van der Waals surface area contributed by atoms with E-state index in [1.165, 1.54) is 0 Å². The van der Waals surface area contributed by atoms with Crippen LogP contribution < -0.4 is 0 Å². The molecule has 1 saturated heterocycles. The van der Waals surface area contributed by atoms with Gasteiger partial charge in [0, 0.05) is 31.7 Å². The highest BCUT2D eigenvalue weighted by atomic mass is 35.5. The molecule has 1 atom stereocenters. The molecule has 0 spiro atoms. The number of carbonyl (C=O) groups is 1. The van der Waals surface area contributed by atoms with Crippen molar-refractivity contribution >= 4 is 17.5 Å². The number of aromatic nitrogens is 4. The van der Waals surface area contributed by atoms with E-state index in [9.17, 15) is 4.79 Å². The smallest absolute Gasteiger partial charge is 0.258 e. The summed E-state index contributed by atoms with van der Waals surface area (Å²) in [7, 11) is 0. The van der Waals surface area contributed by atoms with Crippen molar-refractivity contribution in [2.24, 2.45) is 0 Å². The molecule has 1 unspecified atom stereocenters. The molecular formula is C25H25ClN6O2. The average Bonchev–Trinajstić information content (AvgIpc) is 3.49. The van der Waals surface area contributed by atoms with Gasteiger partial charge in [0.05, 0.1) is 23.0 Å². The number of rotatable bonds is 5. The summed E-state index contributed by atoms with van der Waals surface area (Å²) in [5.74, 6) is 1.06.